The number of aromatic nitrogens is 2. The van der Waals surface area contributed by atoms with E-state index in [1.165, 1.54) is 6.20 Å². The second-order valence-electron chi connectivity index (χ2n) is 12.7. The van der Waals surface area contributed by atoms with Crippen LogP contribution in [0.1, 0.15) is 58.7 Å². The Morgan fingerprint density at radius 1 is 0.854 bits per heavy atom. The molecule has 10 heteroatoms. The number of hydrogen-bond donors (Lipinski definition) is 2. The molecule has 0 fully saturated rings. The first-order chi connectivity index (χ1) is 23.4. The molecule has 0 saturated heterocycles. The molecule has 1 aliphatic heterocycles. The van der Waals surface area contributed by atoms with Gasteiger partial charge in [0.05, 0.1) is 12.7 Å². The Morgan fingerprint density at radius 3 is 1.88 bits per heavy atom. The lowest BCUT2D eigenvalue weighted by Crippen LogP contribution is -2.48. The quantitative estimate of drug-likeness (QED) is 0.179. The standard InChI is InChI=1S/C38H36FN5O3S/c1-25-24-44-36(47-25)33(23-40-44)48(46,42-37(45)41-35-31-21-11-19-29(31)34(39)30-20-12-22-32(30)35)43-38(26-13-5-2-6-14-26,27-15-7-3-8-16-27)28-17-9-4-10-18-28/h2-10,13-18,23,25H,11-12,19-22,24H2,1H3,(H2,41,42,43,45,46)/t25-,48-/m1/s1. The van der Waals surface area contributed by atoms with Crippen LogP contribution in [0.25, 0.3) is 0 Å². The minimum Gasteiger partial charge on any atom is -0.472 e. The zero-order chi connectivity index (χ0) is 32.9. The molecule has 48 heavy (non-hydrogen) atoms. The molecule has 2 atom stereocenters. The number of rotatable bonds is 7. The summed E-state index contributed by atoms with van der Waals surface area (Å²) in [7, 11) is -3.85. The summed E-state index contributed by atoms with van der Waals surface area (Å²) in [6.07, 6.45) is 5.54. The first-order valence-corrected chi connectivity index (χ1v) is 18.0. The molecule has 4 aromatic carbocycles. The Balaban J connectivity index is 1.34. The molecule has 5 aromatic rings. The number of benzene rings is 4. The van der Waals surface area contributed by atoms with Gasteiger partial charge in [0, 0.05) is 5.69 Å². The van der Waals surface area contributed by atoms with Crippen molar-refractivity contribution in [2.24, 2.45) is 4.36 Å². The molecule has 2 N–H and O–H groups in total. The lowest BCUT2D eigenvalue weighted by atomic mass is 9.78. The monoisotopic (exact) mass is 661 g/mol. The van der Waals surface area contributed by atoms with Crippen LogP contribution in [0.15, 0.2) is 106 Å². The zero-order valence-corrected chi connectivity index (χ0v) is 27.4. The average molecular weight is 662 g/mol. The minimum atomic E-state index is -3.85. The van der Waals surface area contributed by atoms with Crippen molar-refractivity contribution in [3.8, 4) is 5.88 Å². The number of anilines is 1. The SMILES string of the molecule is C[C@@H]1Cn2ncc([S@@](=O)(=NC(=O)Nc3c4c(c(F)c5c3CCC5)CCC4)NC(c3ccccc3)(c3ccccc3)c3ccccc3)c2O1. The van der Waals surface area contributed by atoms with Crippen molar-refractivity contribution in [3.05, 3.63) is 142 Å². The summed E-state index contributed by atoms with van der Waals surface area (Å²) in [4.78, 5) is 14.4. The average Bonchev–Trinajstić information content (AvgIpc) is 3.92. The van der Waals surface area contributed by atoms with Crippen LogP contribution in [-0.2, 0) is 47.7 Å². The smallest absolute Gasteiger partial charge is 0.354 e. The second kappa shape index (κ2) is 12.0. The fourth-order valence-corrected chi connectivity index (χ4v) is 9.51. The molecule has 0 spiro atoms. The van der Waals surface area contributed by atoms with Crippen molar-refractivity contribution in [2.45, 2.75) is 68.5 Å². The molecule has 2 heterocycles. The number of carbonyl (C=O) groups excluding carboxylic acids is 1. The van der Waals surface area contributed by atoms with Crippen molar-refractivity contribution in [1.29, 1.82) is 0 Å². The maximum absolute atomic E-state index is 15.8. The number of halogens is 1. The number of ether oxygens (including phenoxy) is 1. The van der Waals surface area contributed by atoms with Gasteiger partial charge in [0.25, 0.3) is 0 Å². The first kappa shape index (κ1) is 30.5. The number of hydrogen-bond acceptors (Lipinski definition) is 4. The van der Waals surface area contributed by atoms with E-state index in [1.807, 2.05) is 97.9 Å². The van der Waals surface area contributed by atoms with Crippen LogP contribution >= 0.6 is 0 Å². The van der Waals surface area contributed by atoms with E-state index in [9.17, 15) is 4.79 Å². The molecule has 8 nitrogen and oxygen atoms in total. The van der Waals surface area contributed by atoms with Crippen molar-refractivity contribution in [3.63, 3.8) is 0 Å². The van der Waals surface area contributed by atoms with E-state index in [4.69, 9.17) is 4.74 Å². The Bertz CT molecular complexity index is 2010. The largest absolute Gasteiger partial charge is 0.472 e. The number of amides is 2. The van der Waals surface area contributed by atoms with Crippen LogP contribution in [-0.4, -0.2) is 26.1 Å². The van der Waals surface area contributed by atoms with Crippen LogP contribution in [0, 0.1) is 5.82 Å². The highest BCUT2D eigenvalue weighted by atomic mass is 32.2. The van der Waals surface area contributed by atoms with E-state index >= 15 is 8.60 Å². The molecule has 2 aliphatic carbocycles. The predicted molar refractivity (Wildman–Crippen MR) is 183 cm³/mol. The number of fused-ring (bicyclic) bond motifs is 3. The minimum absolute atomic E-state index is 0.129. The number of nitrogens with zero attached hydrogens (tertiary/aromatic N) is 3. The summed E-state index contributed by atoms with van der Waals surface area (Å²) in [5.74, 6) is 0.179. The summed E-state index contributed by atoms with van der Waals surface area (Å²) in [5.41, 5.74) is 4.82. The third kappa shape index (κ3) is 5.02. The molecule has 244 valence electrons. The van der Waals surface area contributed by atoms with Crippen LogP contribution in [0.4, 0.5) is 14.9 Å². The van der Waals surface area contributed by atoms with Gasteiger partial charge in [-0.15, -0.1) is 4.36 Å². The van der Waals surface area contributed by atoms with Gasteiger partial charge in [-0.2, -0.15) is 5.10 Å². The van der Waals surface area contributed by atoms with Gasteiger partial charge in [-0.3, -0.25) is 0 Å². The lowest BCUT2D eigenvalue weighted by molar-refractivity contribution is 0.248. The van der Waals surface area contributed by atoms with Gasteiger partial charge in [0.2, 0.25) is 5.88 Å². The number of carbonyl (C=O) groups is 1. The maximum atomic E-state index is 15.8. The van der Waals surface area contributed by atoms with E-state index in [1.54, 1.807) is 4.68 Å². The molecule has 0 unspecified atom stereocenters. The van der Waals surface area contributed by atoms with Crippen LogP contribution < -0.4 is 14.8 Å². The van der Waals surface area contributed by atoms with Crippen LogP contribution in [0.3, 0.4) is 0 Å². The van der Waals surface area contributed by atoms with Gasteiger partial charge in [0.1, 0.15) is 22.4 Å². The summed E-state index contributed by atoms with van der Waals surface area (Å²) >= 11 is 0. The fourth-order valence-electron chi connectivity index (χ4n) is 7.63. The Morgan fingerprint density at radius 2 is 1.35 bits per heavy atom. The number of urea groups is 1. The van der Waals surface area contributed by atoms with Gasteiger partial charge in [0.15, 0.2) is 9.92 Å². The predicted octanol–water partition coefficient (Wildman–Crippen LogP) is 7.34. The zero-order valence-electron chi connectivity index (χ0n) is 26.6. The molecule has 0 bridgehead atoms. The Labute approximate surface area is 279 Å². The van der Waals surface area contributed by atoms with E-state index in [0.717, 1.165) is 40.7 Å². The third-order valence-corrected chi connectivity index (χ3v) is 11.6. The topological polar surface area (TPSA) is 97.6 Å². The van der Waals surface area contributed by atoms with Crippen molar-refractivity contribution in [1.82, 2.24) is 14.5 Å². The molecular formula is C38H36FN5O3S. The fraction of sp³-hybridized carbons (Fsp3) is 0.263. The van der Waals surface area contributed by atoms with E-state index < -0.39 is 21.5 Å². The molecule has 3 aliphatic rings. The summed E-state index contributed by atoms with van der Waals surface area (Å²) < 4.78 is 47.1. The van der Waals surface area contributed by atoms with Crippen molar-refractivity contribution >= 4 is 21.6 Å². The second-order valence-corrected chi connectivity index (χ2v) is 14.6. The summed E-state index contributed by atoms with van der Waals surface area (Å²) in [6.45, 7) is 2.39. The normalized spacial score (nSPS) is 17.6. The highest BCUT2D eigenvalue weighted by Crippen LogP contribution is 2.43. The van der Waals surface area contributed by atoms with E-state index in [2.05, 4.69) is 19.5 Å². The van der Waals surface area contributed by atoms with Crippen molar-refractivity contribution in [2.75, 3.05) is 5.32 Å². The summed E-state index contributed by atoms with van der Waals surface area (Å²) in [6, 6.07) is 28.4. The molecule has 2 amide bonds. The van der Waals surface area contributed by atoms with Gasteiger partial charge >= 0.3 is 6.03 Å². The molecule has 1 aromatic heterocycles. The first-order valence-electron chi connectivity index (χ1n) is 16.5. The summed E-state index contributed by atoms with van der Waals surface area (Å²) in [5, 5.41) is 7.51. The van der Waals surface area contributed by atoms with Gasteiger partial charge in [-0.1, -0.05) is 91.0 Å². The Hall–Kier alpha value is -4.80. The van der Waals surface area contributed by atoms with Crippen LogP contribution in [0.5, 0.6) is 5.88 Å². The van der Waals surface area contributed by atoms with Gasteiger partial charge in [-0.25, -0.2) is 22.8 Å². The lowest BCUT2D eigenvalue weighted by Gasteiger charge is -2.37. The van der Waals surface area contributed by atoms with Crippen molar-refractivity contribution < 1.29 is 18.1 Å². The third-order valence-electron chi connectivity index (χ3n) is 9.72. The van der Waals surface area contributed by atoms with E-state index in [0.29, 0.717) is 54.9 Å². The maximum Gasteiger partial charge on any atom is 0.354 e. The van der Waals surface area contributed by atoms with Gasteiger partial charge in [-0.05, 0) is 84.4 Å². The van der Waals surface area contributed by atoms with Gasteiger partial charge < -0.3 is 10.1 Å². The Kier molecular flexibility index (Phi) is 7.64. The molecule has 0 radical (unpaired) electrons. The highest BCUT2D eigenvalue weighted by Gasteiger charge is 2.42. The van der Waals surface area contributed by atoms with E-state index in [-0.39, 0.29) is 16.8 Å². The van der Waals surface area contributed by atoms with Crippen LogP contribution in [0.2, 0.25) is 0 Å². The molecule has 8 rings (SSSR count). The highest BCUT2D eigenvalue weighted by molar-refractivity contribution is 7.92. The molecule has 0 saturated carbocycles. The number of nitrogens with one attached hydrogen (secondary N) is 2. The molecular weight excluding hydrogens is 626 g/mol.